The second kappa shape index (κ2) is 5.84. The lowest BCUT2D eigenvalue weighted by Gasteiger charge is -2.04. The predicted molar refractivity (Wildman–Crippen MR) is 78.5 cm³/mol. The summed E-state index contributed by atoms with van der Waals surface area (Å²) in [5, 5.41) is 30.9. The van der Waals surface area contributed by atoms with Crippen LogP contribution in [0.3, 0.4) is 0 Å². The van der Waals surface area contributed by atoms with Gasteiger partial charge in [0, 0.05) is 5.75 Å². The molecule has 1 heterocycles. The first-order valence-corrected chi connectivity index (χ1v) is 7.19. The fourth-order valence-corrected chi connectivity index (χ4v) is 2.61. The van der Waals surface area contributed by atoms with E-state index in [1.807, 2.05) is 12.1 Å². The van der Waals surface area contributed by atoms with Crippen LogP contribution in [0.4, 0.5) is 0 Å². The van der Waals surface area contributed by atoms with Crippen molar-refractivity contribution in [2.45, 2.75) is 10.9 Å². The number of aromatic nitrogens is 4. The summed E-state index contributed by atoms with van der Waals surface area (Å²) in [5.74, 6) is 1.14. The average molecular weight is 300 g/mol. The Kier molecular flexibility index (Phi) is 3.74. The number of tetrazole rings is 1. The smallest absolute Gasteiger partial charge is 0.214 e. The number of phenolic OH excluding ortho intramolecular Hbond substituents is 2. The van der Waals surface area contributed by atoms with Crippen molar-refractivity contribution in [3.63, 3.8) is 0 Å². The molecule has 3 aromatic rings. The number of thioether (sulfide) groups is 1. The molecule has 0 aliphatic rings. The molecule has 7 heteroatoms. The molecule has 0 fully saturated rings. The fourth-order valence-electron chi connectivity index (χ4n) is 1.76. The highest BCUT2D eigenvalue weighted by Crippen LogP contribution is 2.24. The van der Waals surface area contributed by atoms with Crippen LogP contribution in [0.5, 0.6) is 11.5 Å². The SMILES string of the molecule is Oc1ccc(CSc2nnnn2-c2ccc(O)cc2)cc1. The van der Waals surface area contributed by atoms with E-state index >= 15 is 0 Å². The van der Waals surface area contributed by atoms with Gasteiger partial charge in [-0.25, -0.2) is 0 Å². The number of phenols is 2. The first-order chi connectivity index (χ1) is 10.2. The zero-order valence-electron chi connectivity index (χ0n) is 10.9. The van der Waals surface area contributed by atoms with Crippen molar-refractivity contribution in [1.29, 1.82) is 0 Å². The maximum atomic E-state index is 9.31. The van der Waals surface area contributed by atoms with Crippen LogP contribution in [0.1, 0.15) is 5.56 Å². The van der Waals surface area contributed by atoms with Crippen LogP contribution in [0.15, 0.2) is 53.7 Å². The second-order valence-electron chi connectivity index (χ2n) is 4.34. The molecule has 0 atom stereocenters. The van der Waals surface area contributed by atoms with Crippen LogP contribution in [0.2, 0.25) is 0 Å². The third kappa shape index (κ3) is 3.14. The van der Waals surface area contributed by atoms with Gasteiger partial charge in [-0.3, -0.25) is 0 Å². The summed E-state index contributed by atoms with van der Waals surface area (Å²) in [6.07, 6.45) is 0. The van der Waals surface area contributed by atoms with Crippen LogP contribution in [0, 0.1) is 0 Å². The number of nitrogens with zero attached hydrogens (tertiary/aromatic N) is 4. The Labute approximate surface area is 125 Å². The van der Waals surface area contributed by atoms with Crippen LogP contribution in [-0.4, -0.2) is 30.4 Å². The van der Waals surface area contributed by atoms with Crippen molar-refractivity contribution in [3.05, 3.63) is 54.1 Å². The first kappa shape index (κ1) is 13.4. The molecule has 1 aromatic heterocycles. The summed E-state index contributed by atoms with van der Waals surface area (Å²) < 4.78 is 1.62. The molecule has 0 aliphatic carbocycles. The lowest BCUT2D eigenvalue weighted by Crippen LogP contribution is -1.98. The summed E-state index contributed by atoms with van der Waals surface area (Å²) in [4.78, 5) is 0. The van der Waals surface area contributed by atoms with Gasteiger partial charge in [-0.1, -0.05) is 23.9 Å². The highest BCUT2D eigenvalue weighted by Gasteiger charge is 2.09. The minimum atomic E-state index is 0.199. The molecule has 0 bridgehead atoms. The molecule has 2 aromatic carbocycles. The van der Waals surface area contributed by atoms with Gasteiger partial charge < -0.3 is 10.2 Å². The highest BCUT2D eigenvalue weighted by atomic mass is 32.2. The van der Waals surface area contributed by atoms with Gasteiger partial charge in [0.2, 0.25) is 5.16 Å². The van der Waals surface area contributed by atoms with Crippen molar-refractivity contribution in [1.82, 2.24) is 20.2 Å². The maximum Gasteiger partial charge on any atom is 0.214 e. The average Bonchev–Trinajstić information content (AvgIpc) is 2.96. The lowest BCUT2D eigenvalue weighted by atomic mass is 10.2. The van der Waals surface area contributed by atoms with Crippen LogP contribution >= 0.6 is 11.8 Å². The zero-order chi connectivity index (χ0) is 14.7. The van der Waals surface area contributed by atoms with E-state index in [1.54, 1.807) is 41.1 Å². The molecule has 0 saturated carbocycles. The van der Waals surface area contributed by atoms with Gasteiger partial charge in [0.25, 0.3) is 0 Å². The molecule has 6 nitrogen and oxygen atoms in total. The van der Waals surface area contributed by atoms with Crippen molar-refractivity contribution >= 4 is 11.8 Å². The van der Waals surface area contributed by atoms with Crippen LogP contribution in [0.25, 0.3) is 5.69 Å². The molecule has 2 N–H and O–H groups in total. The predicted octanol–water partition coefficient (Wildman–Crippen LogP) is 2.37. The number of benzene rings is 2. The molecule has 0 radical (unpaired) electrons. The van der Waals surface area contributed by atoms with Crippen molar-refractivity contribution in [3.8, 4) is 17.2 Å². The van der Waals surface area contributed by atoms with E-state index < -0.39 is 0 Å². The molecular weight excluding hydrogens is 288 g/mol. The summed E-state index contributed by atoms with van der Waals surface area (Å²) in [6.45, 7) is 0. The molecule has 0 spiro atoms. The molecule has 3 rings (SSSR count). The molecule has 106 valence electrons. The van der Waals surface area contributed by atoms with Gasteiger partial charge in [0.15, 0.2) is 0 Å². The first-order valence-electron chi connectivity index (χ1n) is 6.21. The fraction of sp³-hybridized carbons (Fsp3) is 0.0714. The van der Waals surface area contributed by atoms with Crippen molar-refractivity contribution in [2.75, 3.05) is 0 Å². The van der Waals surface area contributed by atoms with Crippen molar-refractivity contribution in [2.24, 2.45) is 0 Å². The van der Waals surface area contributed by atoms with Gasteiger partial charge in [0.1, 0.15) is 11.5 Å². The Balaban J connectivity index is 1.76. The number of hydrogen-bond donors (Lipinski definition) is 2. The normalized spacial score (nSPS) is 10.7. The Hall–Kier alpha value is -2.54. The van der Waals surface area contributed by atoms with Gasteiger partial charge in [-0.05, 0) is 52.4 Å². The second-order valence-corrected chi connectivity index (χ2v) is 5.29. The number of rotatable bonds is 4. The van der Waals surface area contributed by atoms with Crippen LogP contribution in [-0.2, 0) is 5.75 Å². The third-order valence-corrected chi connectivity index (χ3v) is 3.83. The lowest BCUT2D eigenvalue weighted by molar-refractivity contribution is 0.474. The Bertz CT molecular complexity index is 725. The molecule has 0 unspecified atom stereocenters. The van der Waals surface area contributed by atoms with E-state index in [2.05, 4.69) is 15.5 Å². The van der Waals surface area contributed by atoms with E-state index in [9.17, 15) is 10.2 Å². The standard InChI is InChI=1S/C14H12N4O2S/c19-12-5-1-10(2-6-12)9-21-14-15-16-17-18(14)11-3-7-13(20)8-4-11/h1-8,19-20H,9H2. The molecule has 0 saturated heterocycles. The quantitative estimate of drug-likeness (QED) is 0.720. The summed E-state index contributed by atoms with van der Waals surface area (Å²) in [6, 6.07) is 13.7. The summed E-state index contributed by atoms with van der Waals surface area (Å²) in [7, 11) is 0. The number of aromatic hydroxyl groups is 2. The summed E-state index contributed by atoms with van der Waals surface area (Å²) in [5.41, 5.74) is 1.85. The molecule has 21 heavy (non-hydrogen) atoms. The van der Waals surface area contributed by atoms with Crippen molar-refractivity contribution < 1.29 is 10.2 Å². The topological polar surface area (TPSA) is 84.1 Å². The third-order valence-electron chi connectivity index (χ3n) is 2.84. The van der Waals surface area contributed by atoms with E-state index in [1.165, 1.54) is 11.8 Å². The minimum Gasteiger partial charge on any atom is -0.508 e. The van der Waals surface area contributed by atoms with Gasteiger partial charge >= 0.3 is 0 Å². The Morgan fingerprint density at radius 3 is 2.19 bits per heavy atom. The van der Waals surface area contributed by atoms with E-state index in [0.717, 1.165) is 11.3 Å². The van der Waals surface area contributed by atoms with Gasteiger partial charge in [-0.2, -0.15) is 4.68 Å². The molecule has 0 amide bonds. The van der Waals surface area contributed by atoms with E-state index in [0.29, 0.717) is 10.9 Å². The Morgan fingerprint density at radius 1 is 0.905 bits per heavy atom. The van der Waals surface area contributed by atoms with Gasteiger partial charge in [-0.15, -0.1) is 5.10 Å². The molecule has 0 aliphatic heterocycles. The highest BCUT2D eigenvalue weighted by molar-refractivity contribution is 7.98. The Morgan fingerprint density at radius 2 is 1.52 bits per heavy atom. The van der Waals surface area contributed by atoms with E-state index in [-0.39, 0.29) is 11.5 Å². The van der Waals surface area contributed by atoms with Gasteiger partial charge in [0.05, 0.1) is 5.69 Å². The van der Waals surface area contributed by atoms with E-state index in [4.69, 9.17) is 0 Å². The zero-order valence-corrected chi connectivity index (χ0v) is 11.7. The monoisotopic (exact) mass is 300 g/mol. The molecular formula is C14H12N4O2S. The minimum absolute atomic E-state index is 0.199. The maximum absolute atomic E-state index is 9.31. The number of hydrogen-bond acceptors (Lipinski definition) is 6. The van der Waals surface area contributed by atoms with Crippen LogP contribution < -0.4 is 0 Å². The largest absolute Gasteiger partial charge is 0.508 e. The summed E-state index contributed by atoms with van der Waals surface area (Å²) >= 11 is 1.49.